The van der Waals surface area contributed by atoms with E-state index in [4.69, 9.17) is 23.8 Å². The van der Waals surface area contributed by atoms with Crippen molar-refractivity contribution >= 4 is 34.6 Å². The molecule has 0 aromatic heterocycles. The molecule has 0 aliphatic carbocycles. The molecule has 0 saturated carbocycles. The first-order valence-corrected chi connectivity index (χ1v) is 7.74. The summed E-state index contributed by atoms with van der Waals surface area (Å²) >= 11 is 11.6. The number of benzene rings is 2. The second-order valence-corrected chi connectivity index (χ2v) is 5.69. The second kappa shape index (κ2) is 7.43. The van der Waals surface area contributed by atoms with Crippen molar-refractivity contribution < 1.29 is 0 Å². The third-order valence-electron chi connectivity index (χ3n) is 3.31. The van der Waals surface area contributed by atoms with Gasteiger partial charge >= 0.3 is 0 Å². The molecule has 1 N–H and O–H groups in total. The number of hydrogen-bond acceptors (Lipinski definition) is 1. The van der Waals surface area contributed by atoms with E-state index in [9.17, 15) is 0 Å². The lowest BCUT2D eigenvalue weighted by molar-refractivity contribution is 0.442. The van der Waals surface area contributed by atoms with Gasteiger partial charge in [-0.3, -0.25) is 0 Å². The van der Waals surface area contributed by atoms with Gasteiger partial charge in [-0.25, -0.2) is 0 Å². The smallest absolute Gasteiger partial charge is 0.173 e. The van der Waals surface area contributed by atoms with Crippen LogP contribution >= 0.6 is 23.8 Å². The number of thiocarbonyl (C=S) groups is 1. The highest BCUT2D eigenvalue weighted by molar-refractivity contribution is 7.80. The molecule has 0 saturated heterocycles. The van der Waals surface area contributed by atoms with Crippen LogP contribution in [0.2, 0.25) is 5.02 Å². The van der Waals surface area contributed by atoms with Gasteiger partial charge in [0.2, 0.25) is 0 Å². The summed E-state index contributed by atoms with van der Waals surface area (Å²) in [4.78, 5) is 2.12. The maximum atomic E-state index is 6.14. The summed E-state index contributed by atoms with van der Waals surface area (Å²) in [6, 6.07) is 16.2. The third-order valence-corrected chi connectivity index (χ3v) is 4.08. The summed E-state index contributed by atoms with van der Waals surface area (Å²) in [5.74, 6) is 0. The van der Waals surface area contributed by atoms with Crippen LogP contribution in [0.1, 0.15) is 18.1 Å². The molecule has 0 atom stereocenters. The topological polar surface area (TPSA) is 15.3 Å². The zero-order chi connectivity index (χ0) is 15.2. The number of halogens is 1. The predicted molar refractivity (Wildman–Crippen MR) is 94.9 cm³/mol. The van der Waals surface area contributed by atoms with Gasteiger partial charge < -0.3 is 10.2 Å². The van der Waals surface area contributed by atoms with Crippen LogP contribution in [0.3, 0.4) is 0 Å². The molecular formula is C17H19ClN2S. The lowest BCUT2D eigenvalue weighted by Crippen LogP contribution is -2.34. The Kier molecular flexibility index (Phi) is 5.59. The highest BCUT2D eigenvalue weighted by atomic mass is 35.5. The SMILES string of the molecule is CCN(Cc1ccccc1)C(=S)Nc1ccc(C)c(Cl)c1. The van der Waals surface area contributed by atoms with Gasteiger partial charge in [0.1, 0.15) is 0 Å². The lowest BCUT2D eigenvalue weighted by Gasteiger charge is -2.24. The van der Waals surface area contributed by atoms with Crippen molar-refractivity contribution in [1.29, 1.82) is 0 Å². The molecule has 0 radical (unpaired) electrons. The molecule has 21 heavy (non-hydrogen) atoms. The monoisotopic (exact) mass is 318 g/mol. The molecule has 4 heteroatoms. The van der Waals surface area contributed by atoms with E-state index in [0.717, 1.165) is 29.4 Å². The van der Waals surface area contributed by atoms with Gasteiger partial charge in [-0.15, -0.1) is 0 Å². The van der Waals surface area contributed by atoms with E-state index in [1.165, 1.54) is 5.56 Å². The van der Waals surface area contributed by atoms with Gasteiger partial charge in [0.05, 0.1) is 0 Å². The maximum absolute atomic E-state index is 6.14. The Morgan fingerprint density at radius 1 is 1.19 bits per heavy atom. The van der Waals surface area contributed by atoms with E-state index in [-0.39, 0.29) is 0 Å². The molecule has 0 amide bonds. The molecule has 2 aromatic carbocycles. The molecule has 0 aliphatic heterocycles. The molecular weight excluding hydrogens is 300 g/mol. The van der Waals surface area contributed by atoms with E-state index in [0.29, 0.717) is 5.11 Å². The average Bonchev–Trinajstić information content (AvgIpc) is 2.49. The standard InChI is InChI=1S/C17H19ClN2S/c1-3-20(12-14-7-5-4-6-8-14)17(21)19-15-10-9-13(2)16(18)11-15/h4-11H,3,12H2,1-2H3,(H,19,21). The first-order chi connectivity index (χ1) is 10.1. The van der Waals surface area contributed by atoms with E-state index < -0.39 is 0 Å². The van der Waals surface area contributed by atoms with Crippen LogP contribution in [-0.2, 0) is 6.54 Å². The van der Waals surface area contributed by atoms with E-state index in [2.05, 4.69) is 29.3 Å². The van der Waals surface area contributed by atoms with E-state index >= 15 is 0 Å². The zero-order valence-electron chi connectivity index (χ0n) is 12.3. The number of hydrogen-bond donors (Lipinski definition) is 1. The molecule has 0 bridgehead atoms. The first-order valence-electron chi connectivity index (χ1n) is 6.96. The van der Waals surface area contributed by atoms with Crippen LogP contribution in [0.4, 0.5) is 5.69 Å². The fraction of sp³-hybridized carbons (Fsp3) is 0.235. The second-order valence-electron chi connectivity index (χ2n) is 4.89. The van der Waals surface area contributed by atoms with Crippen molar-refractivity contribution in [3.63, 3.8) is 0 Å². The van der Waals surface area contributed by atoms with Gasteiger partial charge in [-0.2, -0.15) is 0 Å². The molecule has 0 unspecified atom stereocenters. The maximum Gasteiger partial charge on any atom is 0.173 e. The summed E-state index contributed by atoms with van der Waals surface area (Å²) in [5.41, 5.74) is 3.22. The molecule has 0 spiro atoms. The summed E-state index contributed by atoms with van der Waals surface area (Å²) in [6.07, 6.45) is 0. The number of aryl methyl sites for hydroxylation is 1. The minimum absolute atomic E-state index is 0.710. The molecule has 110 valence electrons. The fourth-order valence-electron chi connectivity index (χ4n) is 2.00. The highest BCUT2D eigenvalue weighted by Crippen LogP contribution is 2.20. The molecule has 0 aliphatic rings. The van der Waals surface area contributed by atoms with Crippen LogP contribution in [0, 0.1) is 6.92 Å². The van der Waals surface area contributed by atoms with E-state index in [1.54, 1.807) is 0 Å². The number of anilines is 1. The molecule has 2 aromatic rings. The average molecular weight is 319 g/mol. The van der Waals surface area contributed by atoms with Gasteiger partial charge in [-0.1, -0.05) is 48.0 Å². The van der Waals surface area contributed by atoms with Crippen LogP contribution < -0.4 is 5.32 Å². The largest absolute Gasteiger partial charge is 0.345 e. The van der Waals surface area contributed by atoms with Gasteiger partial charge in [0.15, 0.2) is 5.11 Å². The zero-order valence-corrected chi connectivity index (χ0v) is 13.8. The Morgan fingerprint density at radius 2 is 1.90 bits per heavy atom. The Hall–Kier alpha value is -1.58. The Morgan fingerprint density at radius 3 is 2.52 bits per heavy atom. The van der Waals surface area contributed by atoms with Crippen molar-refractivity contribution in [2.45, 2.75) is 20.4 Å². The number of nitrogens with one attached hydrogen (secondary N) is 1. The van der Waals surface area contributed by atoms with E-state index in [1.807, 2.05) is 43.3 Å². The minimum Gasteiger partial charge on any atom is -0.345 e. The van der Waals surface area contributed by atoms with Crippen LogP contribution in [0.5, 0.6) is 0 Å². The van der Waals surface area contributed by atoms with Crippen LogP contribution in [0.15, 0.2) is 48.5 Å². The minimum atomic E-state index is 0.710. The van der Waals surface area contributed by atoms with Crippen molar-refractivity contribution in [2.75, 3.05) is 11.9 Å². The molecule has 0 fully saturated rings. The molecule has 0 heterocycles. The molecule has 2 nitrogen and oxygen atoms in total. The van der Waals surface area contributed by atoms with Gasteiger partial charge in [0, 0.05) is 23.8 Å². The Balaban J connectivity index is 2.04. The number of rotatable bonds is 4. The predicted octanol–water partition coefficient (Wildman–Crippen LogP) is 4.87. The quantitative estimate of drug-likeness (QED) is 0.810. The Labute approximate surface area is 136 Å². The van der Waals surface area contributed by atoms with Gasteiger partial charge in [-0.05, 0) is 49.3 Å². The third kappa shape index (κ3) is 4.45. The van der Waals surface area contributed by atoms with Crippen molar-refractivity contribution in [2.24, 2.45) is 0 Å². The summed E-state index contributed by atoms with van der Waals surface area (Å²) < 4.78 is 0. The molecule has 2 rings (SSSR count). The normalized spacial score (nSPS) is 10.2. The summed E-state index contributed by atoms with van der Waals surface area (Å²) in [7, 11) is 0. The summed E-state index contributed by atoms with van der Waals surface area (Å²) in [6.45, 7) is 5.72. The summed E-state index contributed by atoms with van der Waals surface area (Å²) in [5, 5.41) is 4.71. The van der Waals surface area contributed by atoms with Gasteiger partial charge in [0.25, 0.3) is 0 Å². The van der Waals surface area contributed by atoms with Crippen molar-refractivity contribution in [1.82, 2.24) is 4.90 Å². The van der Waals surface area contributed by atoms with Crippen molar-refractivity contribution in [3.05, 3.63) is 64.7 Å². The first kappa shape index (κ1) is 15.8. The lowest BCUT2D eigenvalue weighted by atomic mass is 10.2. The fourth-order valence-corrected chi connectivity index (χ4v) is 2.50. The van der Waals surface area contributed by atoms with Crippen LogP contribution in [0.25, 0.3) is 0 Å². The highest BCUT2D eigenvalue weighted by Gasteiger charge is 2.09. The van der Waals surface area contributed by atoms with Crippen molar-refractivity contribution in [3.8, 4) is 0 Å². The van der Waals surface area contributed by atoms with Crippen LogP contribution in [-0.4, -0.2) is 16.6 Å². The number of nitrogens with zero attached hydrogens (tertiary/aromatic N) is 1. The Bertz CT molecular complexity index is 613.